The number of hydrogen-bond acceptors (Lipinski definition) is 7. The molecule has 276 valence electrons. The van der Waals surface area contributed by atoms with Crippen LogP contribution in [0.2, 0.25) is 0 Å². The molecule has 3 aromatic carbocycles. The summed E-state index contributed by atoms with van der Waals surface area (Å²) in [6.07, 6.45) is 2.69. The van der Waals surface area contributed by atoms with Gasteiger partial charge in [0.15, 0.2) is 0 Å². The molecular formula is C40H47Br2N5O5. The number of halogens is 2. The van der Waals surface area contributed by atoms with Crippen LogP contribution in [0.25, 0.3) is 21.8 Å². The van der Waals surface area contributed by atoms with Crippen LogP contribution in [0, 0.1) is 25.7 Å². The highest BCUT2D eigenvalue weighted by molar-refractivity contribution is 9.10. The van der Waals surface area contributed by atoms with Gasteiger partial charge in [-0.25, -0.2) is 0 Å². The fourth-order valence-electron chi connectivity index (χ4n) is 7.35. The minimum absolute atomic E-state index is 0.00810. The Hall–Kier alpha value is -3.90. The highest BCUT2D eigenvalue weighted by Gasteiger charge is 2.37. The summed E-state index contributed by atoms with van der Waals surface area (Å²) >= 11 is 7.08. The van der Waals surface area contributed by atoms with Gasteiger partial charge in [-0.3, -0.25) is 19.0 Å². The van der Waals surface area contributed by atoms with Crippen LogP contribution in [0.4, 0.5) is 0 Å². The molecule has 12 heteroatoms. The molecule has 0 bridgehead atoms. The monoisotopic (exact) mass is 835 g/mol. The molecule has 5 aromatic rings. The molecule has 2 aliphatic rings. The van der Waals surface area contributed by atoms with E-state index in [1.165, 1.54) is 0 Å². The van der Waals surface area contributed by atoms with Crippen molar-refractivity contribution >= 4 is 65.4 Å². The second-order valence-electron chi connectivity index (χ2n) is 14.2. The number of ether oxygens (including phenoxy) is 3. The minimum Gasteiger partial charge on any atom is -0.497 e. The van der Waals surface area contributed by atoms with Gasteiger partial charge in [-0.15, -0.1) is 0 Å². The van der Waals surface area contributed by atoms with Crippen molar-refractivity contribution < 1.29 is 23.8 Å². The predicted octanol–water partition coefficient (Wildman–Crippen LogP) is 8.81. The molecule has 52 heavy (non-hydrogen) atoms. The van der Waals surface area contributed by atoms with Crippen molar-refractivity contribution in [1.82, 2.24) is 24.5 Å². The van der Waals surface area contributed by atoms with E-state index >= 15 is 0 Å². The first-order chi connectivity index (χ1) is 24.7. The molecule has 5 atom stereocenters. The number of nitrogens with zero attached hydrogens (tertiary/aromatic N) is 5. The van der Waals surface area contributed by atoms with E-state index in [4.69, 9.17) is 14.2 Å². The number of benzene rings is 3. The van der Waals surface area contributed by atoms with E-state index in [9.17, 15) is 9.59 Å². The lowest BCUT2D eigenvalue weighted by Gasteiger charge is -2.27. The number of methoxy groups -OCH3 is 1. The quantitative estimate of drug-likeness (QED) is 0.146. The van der Waals surface area contributed by atoms with Crippen LogP contribution in [0.15, 0.2) is 57.5 Å². The Morgan fingerprint density at radius 2 is 1.29 bits per heavy atom. The van der Waals surface area contributed by atoms with E-state index in [1.54, 1.807) is 7.11 Å². The van der Waals surface area contributed by atoms with Gasteiger partial charge in [0.2, 0.25) is 5.91 Å². The number of rotatable bonds is 9. The minimum atomic E-state index is -0.103. The first kappa shape index (κ1) is 37.8. The SMILES string of the molecule is COc1ccc([C@H](C)N2C[C@H]([C@@H](C)Oc3cc(Br)cc4nn(C)c(C)c34)CC2=O)cc1.Cc1c2c(O[C@H](C)[C@H]3CCC(=O)C3)cc(Br)cc2nn1C. The van der Waals surface area contributed by atoms with Crippen LogP contribution >= 0.6 is 31.9 Å². The van der Waals surface area contributed by atoms with Crippen molar-refractivity contribution in [2.75, 3.05) is 13.7 Å². The summed E-state index contributed by atoms with van der Waals surface area (Å²) in [6, 6.07) is 15.9. The number of carbonyl (C=O) groups is 2. The van der Waals surface area contributed by atoms with Gasteiger partial charge in [0.1, 0.15) is 29.1 Å². The van der Waals surface area contributed by atoms with E-state index < -0.39 is 0 Å². The van der Waals surface area contributed by atoms with Gasteiger partial charge in [-0.1, -0.05) is 44.0 Å². The maximum absolute atomic E-state index is 12.8. The van der Waals surface area contributed by atoms with Crippen molar-refractivity contribution in [1.29, 1.82) is 0 Å². The Balaban J connectivity index is 0.000000192. The lowest BCUT2D eigenvalue weighted by molar-refractivity contribution is -0.129. The van der Waals surface area contributed by atoms with E-state index in [0.29, 0.717) is 37.5 Å². The third-order valence-corrected chi connectivity index (χ3v) is 11.7. The fourth-order valence-corrected chi connectivity index (χ4v) is 8.20. The van der Waals surface area contributed by atoms with Gasteiger partial charge in [-0.05, 0) is 83.0 Å². The molecule has 1 aliphatic heterocycles. The molecule has 0 spiro atoms. The van der Waals surface area contributed by atoms with Crippen molar-refractivity contribution in [2.45, 2.75) is 78.6 Å². The van der Waals surface area contributed by atoms with E-state index in [1.807, 2.05) is 90.7 Å². The Morgan fingerprint density at radius 1 is 0.769 bits per heavy atom. The molecule has 0 unspecified atom stereocenters. The zero-order valence-electron chi connectivity index (χ0n) is 31.1. The predicted molar refractivity (Wildman–Crippen MR) is 210 cm³/mol. The normalized spacial score (nSPS) is 19.2. The van der Waals surface area contributed by atoms with Crippen LogP contribution in [0.3, 0.4) is 0 Å². The second-order valence-corrected chi connectivity index (χ2v) is 16.0. The maximum Gasteiger partial charge on any atom is 0.223 e. The van der Waals surface area contributed by atoms with Crippen LogP contribution in [-0.2, 0) is 23.7 Å². The molecule has 1 aliphatic carbocycles. The highest BCUT2D eigenvalue weighted by Crippen LogP contribution is 2.37. The first-order valence-electron chi connectivity index (χ1n) is 17.8. The molecule has 1 saturated heterocycles. The van der Waals surface area contributed by atoms with Crippen LogP contribution < -0.4 is 14.2 Å². The Labute approximate surface area is 322 Å². The Bertz CT molecular complexity index is 2110. The number of hydrogen-bond donors (Lipinski definition) is 0. The summed E-state index contributed by atoms with van der Waals surface area (Å²) in [7, 11) is 5.52. The number of carbonyl (C=O) groups excluding carboxylic acids is 2. The number of Topliss-reactive ketones (excluding diaryl/α,β-unsaturated/α-hetero) is 1. The van der Waals surface area contributed by atoms with Crippen molar-refractivity contribution in [2.24, 2.45) is 25.9 Å². The van der Waals surface area contributed by atoms with E-state index in [2.05, 4.69) is 62.8 Å². The molecule has 3 heterocycles. The number of amides is 1. The van der Waals surface area contributed by atoms with Crippen molar-refractivity contribution in [3.63, 3.8) is 0 Å². The number of ketones is 1. The van der Waals surface area contributed by atoms with Crippen molar-refractivity contribution in [3.05, 3.63) is 74.4 Å². The largest absolute Gasteiger partial charge is 0.497 e. The van der Waals surface area contributed by atoms with Gasteiger partial charge >= 0.3 is 0 Å². The molecule has 7 rings (SSSR count). The van der Waals surface area contributed by atoms with E-state index in [-0.39, 0.29) is 30.1 Å². The summed E-state index contributed by atoms with van der Waals surface area (Å²) in [4.78, 5) is 26.2. The third kappa shape index (κ3) is 7.88. The average Bonchev–Trinajstić information content (AvgIpc) is 3.86. The van der Waals surface area contributed by atoms with Gasteiger partial charge in [-0.2, -0.15) is 10.2 Å². The lowest BCUT2D eigenvalue weighted by Crippen LogP contribution is -2.31. The zero-order valence-corrected chi connectivity index (χ0v) is 34.2. The summed E-state index contributed by atoms with van der Waals surface area (Å²) in [5.41, 5.74) is 5.06. The molecule has 10 nitrogen and oxygen atoms in total. The number of likely N-dealkylation sites (tertiary alicyclic amines) is 1. The van der Waals surface area contributed by atoms with Gasteiger partial charge in [0.25, 0.3) is 0 Å². The highest BCUT2D eigenvalue weighted by atomic mass is 79.9. The van der Waals surface area contributed by atoms with Crippen LogP contribution in [-0.4, -0.2) is 62.0 Å². The molecule has 0 N–H and O–H groups in total. The zero-order chi connectivity index (χ0) is 37.4. The van der Waals surface area contributed by atoms with Gasteiger partial charge < -0.3 is 19.1 Å². The number of aryl methyl sites for hydroxylation is 4. The standard InChI is InChI=1S/C24H28BrN3O3.C16H19BrN2O2/c1-14(17-6-8-20(30-5)9-7-17)28-13-18(10-23(28)29)16(3)31-22-12-19(25)11-21-24(22)15(2)27(4)26-21;1-9-16-14(18-19(9)3)7-12(17)8-15(16)21-10(2)11-4-5-13(20)6-11/h6-9,11-12,14,16,18H,10,13H2,1-5H3;7-8,10-11H,4-6H2,1-3H3/t14-,16+,18+;10-,11+/m01/s1. The maximum atomic E-state index is 12.8. The van der Waals surface area contributed by atoms with Gasteiger partial charge in [0.05, 0.1) is 41.1 Å². The smallest absolute Gasteiger partial charge is 0.223 e. The number of aromatic nitrogens is 4. The third-order valence-electron chi connectivity index (χ3n) is 10.8. The average molecular weight is 838 g/mol. The fraction of sp³-hybridized carbons (Fsp3) is 0.450. The number of fused-ring (bicyclic) bond motifs is 2. The molecule has 1 amide bonds. The summed E-state index contributed by atoms with van der Waals surface area (Å²) < 4.78 is 23.5. The second kappa shape index (κ2) is 15.6. The van der Waals surface area contributed by atoms with Crippen molar-refractivity contribution in [3.8, 4) is 17.2 Å². The lowest BCUT2D eigenvalue weighted by atomic mass is 10.0. The Morgan fingerprint density at radius 3 is 1.77 bits per heavy atom. The summed E-state index contributed by atoms with van der Waals surface area (Å²) in [6.45, 7) is 10.9. The molecule has 1 saturated carbocycles. The Kier molecular flexibility index (Phi) is 11.4. The topological polar surface area (TPSA) is 101 Å². The molecular weight excluding hydrogens is 790 g/mol. The molecule has 0 radical (unpaired) electrons. The van der Waals surface area contributed by atoms with Crippen LogP contribution in [0.5, 0.6) is 17.2 Å². The summed E-state index contributed by atoms with van der Waals surface area (Å²) in [5.74, 6) is 3.43. The van der Waals surface area contributed by atoms with Gasteiger partial charge in [0, 0.05) is 72.1 Å². The van der Waals surface area contributed by atoms with Crippen LogP contribution in [0.1, 0.15) is 69.4 Å². The summed E-state index contributed by atoms with van der Waals surface area (Å²) in [5, 5.41) is 11.1. The first-order valence-corrected chi connectivity index (χ1v) is 19.4. The molecule has 2 aromatic heterocycles. The molecule has 2 fully saturated rings. The van der Waals surface area contributed by atoms with E-state index in [0.717, 1.165) is 71.4 Å².